The van der Waals surface area contributed by atoms with E-state index >= 15 is 0 Å². The maximum absolute atomic E-state index is 11.7. The van der Waals surface area contributed by atoms with Gasteiger partial charge in [-0.05, 0) is 31.9 Å². The van der Waals surface area contributed by atoms with Gasteiger partial charge in [-0.2, -0.15) is 0 Å². The maximum Gasteiger partial charge on any atom is 0.307 e. The Morgan fingerprint density at radius 1 is 1.32 bits per heavy atom. The molecule has 1 saturated carbocycles. The fourth-order valence-corrected chi connectivity index (χ4v) is 4.96. The number of fused-ring (bicyclic) bond motifs is 1. The van der Waals surface area contributed by atoms with Crippen LogP contribution in [0.15, 0.2) is 23.2 Å². The van der Waals surface area contributed by atoms with Crippen molar-refractivity contribution in [1.29, 1.82) is 0 Å². The number of aliphatic imine (C=N–C) groups is 1. The first-order valence-corrected chi connectivity index (χ1v) is 11.0. The van der Waals surface area contributed by atoms with Crippen molar-refractivity contribution in [2.45, 2.75) is 51.1 Å². The molecule has 1 aromatic carbocycles. The predicted molar refractivity (Wildman–Crippen MR) is 115 cm³/mol. The molecule has 1 fully saturated rings. The van der Waals surface area contributed by atoms with Crippen molar-refractivity contribution in [2.24, 2.45) is 4.99 Å². The van der Waals surface area contributed by atoms with Gasteiger partial charge in [0.25, 0.3) is 0 Å². The Balaban J connectivity index is 1.59. The number of carbonyl (C=O) groups excluding carboxylic acids is 1. The molecule has 7 heteroatoms. The number of ether oxygens (including phenoxy) is 2. The van der Waals surface area contributed by atoms with Crippen LogP contribution in [0.4, 0.5) is 5.69 Å². The van der Waals surface area contributed by atoms with Crippen LogP contribution in [0.5, 0.6) is 5.75 Å². The van der Waals surface area contributed by atoms with Gasteiger partial charge in [-0.25, -0.2) is 0 Å². The van der Waals surface area contributed by atoms with Gasteiger partial charge in [-0.1, -0.05) is 12.8 Å². The second kappa shape index (κ2) is 8.47. The van der Waals surface area contributed by atoms with Crippen molar-refractivity contribution in [1.82, 2.24) is 4.98 Å². The van der Waals surface area contributed by atoms with Crippen LogP contribution in [0, 0.1) is 0 Å². The number of aromatic nitrogens is 1. The van der Waals surface area contributed by atoms with Gasteiger partial charge in [0.15, 0.2) is 0 Å². The molecule has 2 heterocycles. The van der Waals surface area contributed by atoms with Crippen molar-refractivity contribution in [3.05, 3.63) is 23.9 Å². The third kappa shape index (κ3) is 4.14. The Morgan fingerprint density at radius 2 is 2.14 bits per heavy atom. The molecule has 150 valence electrons. The molecule has 1 aliphatic heterocycles. The van der Waals surface area contributed by atoms with Crippen LogP contribution in [-0.4, -0.2) is 47.6 Å². The molecule has 2 aromatic rings. The molecule has 28 heavy (non-hydrogen) atoms. The molecule has 1 aliphatic carbocycles. The number of benzene rings is 1. The highest BCUT2D eigenvalue weighted by Gasteiger charge is 2.24. The lowest BCUT2D eigenvalue weighted by atomic mass is 10.1. The Hall–Kier alpha value is -2.15. The van der Waals surface area contributed by atoms with Gasteiger partial charge < -0.3 is 19.8 Å². The first-order chi connectivity index (χ1) is 13.7. The van der Waals surface area contributed by atoms with E-state index in [0.29, 0.717) is 19.1 Å². The molecule has 2 N–H and O–H groups in total. The number of thioether (sulfide) groups is 1. The molecular formula is C21H27N3O3S. The van der Waals surface area contributed by atoms with Crippen LogP contribution in [-0.2, 0) is 9.53 Å². The number of nitrogens with one attached hydrogen (secondary N) is 2. The number of H-pyrrole nitrogens is 1. The van der Waals surface area contributed by atoms with E-state index in [2.05, 4.69) is 22.4 Å². The number of methoxy groups -OCH3 is 1. The average Bonchev–Trinajstić information content (AvgIpc) is 3.41. The third-order valence-electron chi connectivity index (χ3n) is 5.30. The topological polar surface area (TPSA) is 75.7 Å². The zero-order valence-electron chi connectivity index (χ0n) is 16.4. The smallest absolute Gasteiger partial charge is 0.307 e. The second-order valence-corrected chi connectivity index (χ2v) is 8.36. The van der Waals surface area contributed by atoms with Crippen molar-refractivity contribution < 1.29 is 14.3 Å². The molecule has 0 radical (unpaired) electrons. The highest BCUT2D eigenvalue weighted by atomic mass is 32.2. The van der Waals surface area contributed by atoms with E-state index in [9.17, 15) is 4.79 Å². The SMILES string of the molecule is CCOC(=O)CC1CSC(c2cc3cc(OC)cc(NC4CCCC4)c3[nH]2)=N1. The average molecular weight is 402 g/mol. The zero-order valence-corrected chi connectivity index (χ0v) is 17.2. The van der Waals surface area contributed by atoms with Crippen molar-refractivity contribution in [3.8, 4) is 5.75 Å². The van der Waals surface area contributed by atoms with Gasteiger partial charge in [0, 0.05) is 23.2 Å². The molecule has 0 bridgehead atoms. The minimum atomic E-state index is -0.178. The number of carbonyl (C=O) groups is 1. The summed E-state index contributed by atoms with van der Waals surface area (Å²) < 4.78 is 10.6. The number of hydrogen-bond acceptors (Lipinski definition) is 6. The molecule has 0 amide bonds. The molecule has 6 nitrogen and oxygen atoms in total. The van der Waals surface area contributed by atoms with Crippen molar-refractivity contribution in [2.75, 3.05) is 24.8 Å². The predicted octanol–water partition coefficient (Wildman–Crippen LogP) is 4.35. The largest absolute Gasteiger partial charge is 0.497 e. The number of esters is 1. The van der Waals surface area contributed by atoms with Crippen LogP contribution >= 0.6 is 11.8 Å². The van der Waals surface area contributed by atoms with Crippen molar-refractivity contribution in [3.63, 3.8) is 0 Å². The molecule has 1 unspecified atom stereocenters. The lowest BCUT2D eigenvalue weighted by Gasteiger charge is -2.15. The number of aromatic amines is 1. The van der Waals surface area contributed by atoms with Crippen LogP contribution < -0.4 is 10.1 Å². The van der Waals surface area contributed by atoms with E-state index in [-0.39, 0.29) is 12.0 Å². The van der Waals surface area contributed by atoms with E-state index in [0.717, 1.165) is 38.8 Å². The van der Waals surface area contributed by atoms with E-state index in [1.165, 1.54) is 25.7 Å². The van der Waals surface area contributed by atoms with Gasteiger partial charge in [0.05, 0.1) is 43.1 Å². The fraction of sp³-hybridized carbons (Fsp3) is 0.524. The molecule has 2 aliphatic rings. The number of hydrogen-bond donors (Lipinski definition) is 2. The highest BCUT2D eigenvalue weighted by molar-refractivity contribution is 8.14. The number of rotatable bonds is 7. The normalized spacial score (nSPS) is 19.8. The van der Waals surface area contributed by atoms with Crippen LogP contribution in [0.3, 0.4) is 0 Å². The summed E-state index contributed by atoms with van der Waals surface area (Å²) in [5, 5.41) is 5.75. The summed E-state index contributed by atoms with van der Waals surface area (Å²) in [6.07, 6.45) is 5.34. The Kier molecular flexibility index (Phi) is 5.80. The van der Waals surface area contributed by atoms with Gasteiger partial charge in [-0.15, -0.1) is 11.8 Å². The maximum atomic E-state index is 11.7. The van der Waals surface area contributed by atoms with Gasteiger partial charge in [0.1, 0.15) is 10.8 Å². The molecule has 1 atom stereocenters. The number of nitrogens with zero attached hydrogens (tertiary/aromatic N) is 1. The Bertz CT molecular complexity index is 886. The monoisotopic (exact) mass is 401 g/mol. The summed E-state index contributed by atoms with van der Waals surface area (Å²) in [6, 6.07) is 6.74. The highest BCUT2D eigenvalue weighted by Crippen LogP contribution is 2.34. The molecular weight excluding hydrogens is 374 g/mol. The Labute approximate surface area is 169 Å². The van der Waals surface area contributed by atoms with Crippen LogP contribution in [0.1, 0.15) is 44.7 Å². The molecule has 1 aromatic heterocycles. The summed E-state index contributed by atoms with van der Waals surface area (Å²) in [4.78, 5) is 20.0. The summed E-state index contributed by atoms with van der Waals surface area (Å²) in [6.45, 7) is 2.24. The fourth-order valence-electron chi connectivity index (χ4n) is 3.93. The second-order valence-electron chi connectivity index (χ2n) is 7.36. The van der Waals surface area contributed by atoms with Crippen LogP contribution in [0.25, 0.3) is 10.9 Å². The first kappa shape index (κ1) is 19.2. The summed E-state index contributed by atoms with van der Waals surface area (Å²) in [7, 11) is 1.70. The van der Waals surface area contributed by atoms with Crippen molar-refractivity contribution >= 4 is 39.4 Å². The first-order valence-electron chi connectivity index (χ1n) is 10.00. The Morgan fingerprint density at radius 3 is 2.89 bits per heavy atom. The van der Waals surface area contributed by atoms with E-state index in [1.54, 1.807) is 18.9 Å². The van der Waals surface area contributed by atoms with Gasteiger partial charge in [-0.3, -0.25) is 9.79 Å². The quantitative estimate of drug-likeness (QED) is 0.675. The van der Waals surface area contributed by atoms with Gasteiger partial charge in [0.2, 0.25) is 0 Å². The van der Waals surface area contributed by atoms with E-state index in [4.69, 9.17) is 14.5 Å². The summed E-state index contributed by atoms with van der Waals surface area (Å²) in [5.74, 6) is 1.47. The minimum Gasteiger partial charge on any atom is -0.497 e. The minimum absolute atomic E-state index is 0.0175. The zero-order chi connectivity index (χ0) is 19.5. The van der Waals surface area contributed by atoms with Gasteiger partial charge >= 0.3 is 5.97 Å². The summed E-state index contributed by atoms with van der Waals surface area (Å²) in [5.41, 5.74) is 3.16. The van der Waals surface area contributed by atoms with Crippen LogP contribution in [0.2, 0.25) is 0 Å². The summed E-state index contributed by atoms with van der Waals surface area (Å²) >= 11 is 1.69. The number of anilines is 1. The third-order valence-corrected chi connectivity index (χ3v) is 6.45. The molecule has 4 rings (SSSR count). The standard InChI is InChI=1S/C21H27N3O3S/c1-3-27-19(25)10-15-12-28-21(23-15)18-9-13-8-16(26-2)11-17(20(13)24-18)22-14-6-4-5-7-14/h8-9,11,14-15,22,24H,3-7,10,12H2,1-2H3. The van der Waals surface area contributed by atoms with E-state index in [1.807, 2.05) is 13.0 Å². The van der Waals surface area contributed by atoms with E-state index < -0.39 is 0 Å². The lowest BCUT2D eigenvalue weighted by Crippen LogP contribution is -2.14. The molecule has 0 saturated heterocycles. The lowest BCUT2D eigenvalue weighted by molar-refractivity contribution is -0.143. The molecule has 0 spiro atoms.